The Kier molecular flexibility index (Phi) is 5.31. The van der Waals surface area contributed by atoms with Crippen LogP contribution in [-0.2, 0) is 6.54 Å². The maximum atomic E-state index is 13.5. The molecule has 0 heterocycles. The molecular weight excluding hydrogens is 228 g/mol. The van der Waals surface area contributed by atoms with Gasteiger partial charge in [0.15, 0.2) is 17.4 Å². The predicted molar refractivity (Wildman–Crippen MR) is 60.9 cm³/mol. The lowest BCUT2D eigenvalue weighted by Crippen LogP contribution is -2.10. The molecule has 0 aliphatic rings. The smallest absolute Gasteiger partial charge is 0.190 e. The molecule has 3 nitrogen and oxygen atoms in total. The lowest BCUT2D eigenvalue weighted by Gasteiger charge is -2.11. The Morgan fingerprint density at radius 1 is 1.35 bits per heavy atom. The molecule has 0 radical (unpaired) electrons. The van der Waals surface area contributed by atoms with E-state index >= 15 is 0 Å². The standard InChI is InChI=1S/C12H17F2NO2/c1-8(16)3-4-17-12-10(13)5-9(7-15-2)6-11(12)14/h5-6,8,15-16H,3-4,7H2,1-2H3. The average molecular weight is 245 g/mol. The van der Waals surface area contributed by atoms with Crippen LogP contribution in [-0.4, -0.2) is 24.9 Å². The fourth-order valence-corrected chi connectivity index (χ4v) is 1.39. The van der Waals surface area contributed by atoms with Crippen molar-refractivity contribution in [1.82, 2.24) is 5.32 Å². The Labute approximate surface area is 99.4 Å². The first-order valence-corrected chi connectivity index (χ1v) is 5.48. The van der Waals surface area contributed by atoms with Crippen molar-refractivity contribution in [3.8, 4) is 5.75 Å². The summed E-state index contributed by atoms with van der Waals surface area (Å²) in [5, 5.41) is 11.8. The van der Waals surface area contributed by atoms with Gasteiger partial charge in [0, 0.05) is 13.0 Å². The predicted octanol–water partition coefficient (Wildman–Crippen LogP) is 1.83. The van der Waals surface area contributed by atoms with Crippen LogP contribution in [0.5, 0.6) is 5.75 Å². The molecule has 0 saturated heterocycles. The third-order valence-corrected chi connectivity index (χ3v) is 2.22. The highest BCUT2D eigenvalue weighted by Crippen LogP contribution is 2.23. The van der Waals surface area contributed by atoms with Gasteiger partial charge >= 0.3 is 0 Å². The van der Waals surface area contributed by atoms with E-state index in [0.29, 0.717) is 18.5 Å². The zero-order chi connectivity index (χ0) is 12.8. The van der Waals surface area contributed by atoms with Crippen LogP contribution in [0.3, 0.4) is 0 Å². The number of benzene rings is 1. The Balaban J connectivity index is 2.72. The average Bonchev–Trinajstić information content (AvgIpc) is 2.22. The van der Waals surface area contributed by atoms with Crippen LogP contribution in [0.15, 0.2) is 12.1 Å². The van der Waals surface area contributed by atoms with Crippen molar-refractivity contribution < 1.29 is 18.6 Å². The molecule has 0 amide bonds. The summed E-state index contributed by atoms with van der Waals surface area (Å²) < 4.78 is 32.0. The number of ether oxygens (including phenoxy) is 1. The minimum absolute atomic E-state index is 0.0802. The van der Waals surface area contributed by atoms with Gasteiger partial charge in [0.1, 0.15) is 0 Å². The van der Waals surface area contributed by atoms with Crippen molar-refractivity contribution in [2.75, 3.05) is 13.7 Å². The fraction of sp³-hybridized carbons (Fsp3) is 0.500. The normalized spacial score (nSPS) is 12.5. The molecule has 0 saturated carbocycles. The number of nitrogens with one attached hydrogen (secondary N) is 1. The molecule has 2 N–H and O–H groups in total. The molecule has 0 aromatic heterocycles. The van der Waals surface area contributed by atoms with Crippen molar-refractivity contribution in [3.05, 3.63) is 29.3 Å². The van der Waals surface area contributed by atoms with Gasteiger partial charge < -0.3 is 15.2 Å². The molecule has 1 rings (SSSR count). The third kappa shape index (κ3) is 4.28. The van der Waals surface area contributed by atoms with Crippen molar-refractivity contribution in [3.63, 3.8) is 0 Å². The van der Waals surface area contributed by atoms with Gasteiger partial charge in [-0.3, -0.25) is 0 Å². The van der Waals surface area contributed by atoms with Crippen LogP contribution in [0.25, 0.3) is 0 Å². The SMILES string of the molecule is CNCc1cc(F)c(OCCC(C)O)c(F)c1. The number of aliphatic hydroxyl groups is 1. The third-order valence-electron chi connectivity index (χ3n) is 2.22. The highest BCUT2D eigenvalue weighted by molar-refractivity contribution is 5.31. The molecule has 1 unspecified atom stereocenters. The molecule has 1 atom stereocenters. The summed E-state index contributed by atoms with van der Waals surface area (Å²) in [6, 6.07) is 2.47. The Morgan fingerprint density at radius 3 is 2.41 bits per heavy atom. The van der Waals surface area contributed by atoms with E-state index in [0.717, 1.165) is 0 Å². The highest BCUT2D eigenvalue weighted by Gasteiger charge is 2.12. The molecule has 0 aliphatic heterocycles. The molecule has 0 aliphatic carbocycles. The summed E-state index contributed by atoms with van der Waals surface area (Å²) in [5.41, 5.74) is 0.519. The first-order valence-electron chi connectivity index (χ1n) is 5.48. The lowest BCUT2D eigenvalue weighted by atomic mass is 10.2. The van der Waals surface area contributed by atoms with E-state index in [1.165, 1.54) is 12.1 Å². The van der Waals surface area contributed by atoms with Crippen LogP contribution < -0.4 is 10.1 Å². The van der Waals surface area contributed by atoms with Gasteiger partial charge in [-0.15, -0.1) is 0 Å². The molecule has 1 aromatic carbocycles. The van der Waals surface area contributed by atoms with E-state index in [-0.39, 0.29) is 12.4 Å². The topological polar surface area (TPSA) is 41.5 Å². The fourth-order valence-electron chi connectivity index (χ4n) is 1.39. The minimum Gasteiger partial charge on any atom is -0.488 e. The molecule has 0 bridgehead atoms. The minimum atomic E-state index is -0.721. The molecular formula is C12H17F2NO2. The summed E-state index contributed by atoms with van der Waals surface area (Å²) in [6.07, 6.45) is -0.221. The number of aliphatic hydroxyl groups excluding tert-OH is 1. The lowest BCUT2D eigenvalue weighted by molar-refractivity contribution is 0.151. The first-order chi connectivity index (χ1) is 8.04. The number of hydrogen-bond acceptors (Lipinski definition) is 3. The molecule has 0 spiro atoms. The van der Waals surface area contributed by atoms with Crippen LogP contribution in [0, 0.1) is 11.6 Å². The number of rotatable bonds is 6. The summed E-state index contributed by atoms with van der Waals surface area (Å²) in [6.45, 7) is 2.06. The summed E-state index contributed by atoms with van der Waals surface area (Å²) in [5.74, 6) is -1.83. The highest BCUT2D eigenvalue weighted by atomic mass is 19.1. The Hall–Kier alpha value is -1.20. The van der Waals surface area contributed by atoms with Crippen molar-refractivity contribution in [2.45, 2.75) is 26.0 Å². The van der Waals surface area contributed by atoms with Gasteiger partial charge in [0.25, 0.3) is 0 Å². The number of hydrogen-bond donors (Lipinski definition) is 2. The van der Waals surface area contributed by atoms with E-state index in [2.05, 4.69) is 5.32 Å². The second kappa shape index (κ2) is 6.51. The zero-order valence-corrected chi connectivity index (χ0v) is 9.96. The quantitative estimate of drug-likeness (QED) is 0.803. The summed E-state index contributed by atoms with van der Waals surface area (Å²) in [4.78, 5) is 0. The monoisotopic (exact) mass is 245 g/mol. The van der Waals surface area contributed by atoms with E-state index in [9.17, 15) is 8.78 Å². The van der Waals surface area contributed by atoms with Gasteiger partial charge in [0.05, 0.1) is 12.7 Å². The zero-order valence-electron chi connectivity index (χ0n) is 9.96. The number of halogens is 2. The van der Waals surface area contributed by atoms with Crippen molar-refractivity contribution >= 4 is 0 Å². The largest absolute Gasteiger partial charge is 0.488 e. The molecule has 17 heavy (non-hydrogen) atoms. The molecule has 0 fully saturated rings. The maximum Gasteiger partial charge on any atom is 0.190 e. The van der Waals surface area contributed by atoms with Crippen LogP contribution >= 0.6 is 0 Å². The van der Waals surface area contributed by atoms with Gasteiger partial charge in [-0.05, 0) is 31.7 Å². The Bertz CT molecular complexity index is 347. The summed E-state index contributed by atoms with van der Waals surface area (Å²) in [7, 11) is 1.70. The second-order valence-electron chi connectivity index (χ2n) is 3.91. The summed E-state index contributed by atoms with van der Waals surface area (Å²) >= 11 is 0. The second-order valence-corrected chi connectivity index (χ2v) is 3.91. The van der Waals surface area contributed by atoms with Crippen molar-refractivity contribution in [1.29, 1.82) is 0 Å². The van der Waals surface area contributed by atoms with Crippen LogP contribution in [0.4, 0.5) is 8.78 Å². The van der Waals surface area contributed by atoms with Gasteiger partial charge in [0.2, 0.25) is 0 Å². The van der Waals surface area contributed by atoms with E-state index in [1.807, 2.05) is 0 Å². The van der Waals surface area contributed by atoms with Gasteiger partial charge in [-0.25, -0.2) is 8.78 Å². The van der Waals surface area contributed by atoms with E-state index < -0.39 is 17.7 Å². The van der Waals surface area contributed by atoms with Gasteiger partial charge in [-0.1, -0.05) is 0 Å². The van der Waals surface area contributed by atoms with Crippen LogP contribution in [0.1, 0.15) is 18.9 Å². The maximum absolute atomic E-state index is 13.5. The first kappa shape index (κ1) is 13.9. The van der Waals surface area contributed by atoms with Crippen LogP contribution in [0.2, 0.25) is 0 Å². The van der Waals surface area contributed by atoms with Gasteiger partial charge in [-0.2, -0.15) is 0 Å². The molecule has 1 aromatic rings. The van der Waals surface area contributed by atoms with E-state index in [1.54, 1.807) is 14.0 Å². The van der Waals surface area contributed by atoms with Crippen molar-refractivity contribution in [2.24, 2.45) is 0 Å². The molecule has 96 valence electrons. The Morgan fingerprint density at radius 2 is 1.94 bits per heavy atom. The molecule has 5 heteroatoms. The van der Waals surface area contributed by atoms with E-state index in [4.69, 9.17) is 9.84 Å².